The van der Waals surface area contributed by atoms with E-state index in [0.717, 1.165) is 0 Å². The fourth-order valence-corrected chi connectivity index (χ4v) is 0.826. The first-order valence-corrected chi connectivity index (χ1v) is 3.46. The van der Waals surface area contributed by atoms with Crippen LogP contribution in [0.25, 0.3) is 0 Å². The summed E-state index contributed by atoms with van der Waals surface area (Å²) in [5.74, 6) is 0.0567. The molecule has 0 aromatic carbocycles. The maximum Gasteiger partial charge on any atom is 0.343 e. The van der Waals surface area contributed by atoms with Crippen LogP contribution in [0.4, 0.5) is 9.59 Å². The first-order chi connectivity index (χ1) is 5.59. The molecule has 4 N–H and O–H groups in total. The van der Waals surface area contributed by atoms with Crippen molar-refractivity contribution in [3.63, 3.8) is 0 Å². The minimum atomic E-state index is -0.786. The molecule has 0 bridgehead atoms. The number of aliphatic imine (C=N–C) groups is 1. The molecular weight excluding hydrogens is 180 g/mol. The molecule has 0 saturated heterocycles. The van der Waals surface area contributed by atoms with Crippen molar-refractivity contribution < 1.29 is 9.59 Å². The molecule has 0 aromatic rings. The van der Waals surface area contributed by atoms with Crippen molar-refractivity contribution >= 4 is 35.0 Å². The zero-order valence-electron chi connectivity index (χ0n) is 5.96. The number of thiocarbonyl (C=S) groups is 1. The van der Waals surface area contributed by atoms with Gasteiger partial charge in [-0.1, -0.05) is 12.2 Å². The fourth-order valence-electron chi connectivity index (χ4n) is 0.657. The topological polar surface area (TPSA) is 96.6 Å². The second-order valence-electron chi connectivity index (χ2n) is 2.03. The van der Waals surface area contributed by atoms with Gasteiger partial charge in [0.1, 0.15) is 0 Å². The van der Waals surface area contributed by atoms with Crippen molar-refractivity contribution in [3.05, 3.63) is 0 Å². The number of carbonyl (C=O) groups excluding carboxylic acids is 2. The molecule has 0 atom stereocenters. The first-order valence-electron chi connectivity index (χ1n) is 3.06. The third-order valence-electron chi connectivity index (χ3n) is 1.12. The standard InChI is InChI=1S/C5H6N4O2S/c6-4(10)8-3-2(12)1-7-5(11)9-3/h1H2,(H4,6,7,8,9,10,11). The molecule has 1 aliphatic heterocycles. The second-order valence-corrected chi connectivity index (χ2v) is 2.52. The van der Waals surface area contributed by atoms with E-state index in [9.17, 15) is 9.59 Å². The van der Waals surface area contributed by atoms with Gasteiger partial charge in [-0.15, -0.1) is 0 Å². The van der Waals surface area contributed by atoms with E-state index in [1.165, 1.54) is 0 Å². The molecule has 4 amide bonds. The van der Waals surface area contributed by atoms with Crippen LogP contribution in [0.2, 0.25) is 0 Å². The average molecular weight is 186 g/mol. The van der Waals surface area contributed by atoms with Gasteiger partial charge >= 0.3 is 12.1 Å². The van der Waals surface area contributed by atoms with Gasteiger partial charge in [0, 0.05) is 0 Å². The Hall–Kier alpha value is -1.50. The number of amides is 4. The van der Waals surface area contributed by atoms with Crippen molar-refractivity contribution in [1.82, 2.24) is 10.6 Å². The van der Waals surface area contributed by atoms with Crippen LogP contribution < -0.4 is 16.4 Å². The van der Waals surface area contributed by atoms with Gasteiger partial charge in [0.05, 0.1) is 11.4 Å². The fraction of sp³-hybridized carbons (Fsp3) is 0.200. The molecule has 1 rings (SSSR count). The number of primary amides is 1. The molecule has 6 nitrogen and oxygen atoms in total. The zero-order valence-corrected chi connectivity index (χ0v) is 6.77. The van der Waals surface area contributed by atoms with Crippen molar-refractivity contribution in [1.29, 1.82) is 0 Å². The monoisotopic (exact) mass is 186 g/mol. The predicted molar refractivity (Wildman–Crippen MR) is 46.2 cm³/mol. The maximum atomic E-state index is 10.7. The number of rotatable bonds is 0. The predicted octanol–water partition coefficient (Wildman–Crippen LogP) is -0.854. The van der Waals surface area contributed by atoms with Crippen LogP contribution in [-0.4, -0.2) is 29.3 Å². The minimum absolute atomic E-state index is 0.0567. The summed E-state index contributed by atoms with van der Waals surface area (Å²) in [5.41, 5.74) is 4.81. The first kappa shape index (κ1) is 8.60. The Morgan fingerprint density at radius 3 is 3.00 bits per heavy atom. The van der Waals surface area contributed by atoms with Crippen LogP contribution in [0.15, 0.2) is 4.99 Å². The van der Waals surface area contributed by atoms with Crippen molar-refractivity contribution in [2.45, 2.75) is 0 Å². The summed E-state index contributed by atoms with van der Waals surface area (Å²) in [6, 6.07) is -1.32. The summed E-state index contributed by atoms with van der Waals surface area (Å²) < 4.78 is 0. The highest BCUT2D eigenvalue weighted by atomic mass is 32.1. The Balaban J connectivity index is 2.77. The molecule has 12 heavy (non-hydrogen) atoms. The molecule has 64 valence electrons. The molecule has 1 aliphatic rings. The molecule has 0 aliphatic carbocycles. The van der Waals surface area contributed by atoms with E-state index >= 15 is 0 Å². The highest BCUT2D eigenvalue weighted by molar-refractivity contribution is 7.82. The number of nitrogens with zero attached hydrogens (tertiary/aromatic N) is 1. The summed E-state index contributed by atoms with van der Waals surface area (Å²) in [4.78, 5) is 24.8. The summed E-state index contributed by atoms with van der Waals surface area (Å²) in [5, 5.41) is 4.52. The molecule has 0 radical (unpaired) electrons. The van der Waals surface area contributed by atoms with Gasteiger partial charge in [0.2, 0.25) is 0 Å². The lowest BCUT2D eigenvalue weighted by Gasteiger charge is -2.12. The molecule has 1 heterocycles. The third-order valence-corrected chi connectivity index (χ3v) is 1.46. The Morgan fingerprint density at radius 2 is 2.42 bits per heavy atom. The molecule has 0 aromatic heterocycles. The zero-order chi connectivity index (χ0) is 9.14. The number of carbonyl (C=O) groups is 2. The number of nitrogens with two attached hydrogens (primary N) is 1. The summed E-state index contributed by atoms with van der Waals surface area (Å²) >= 11 is 4.78. The lowest BCUT2D eigenvalue weighted by Crippen LogP contribution is -2.47. The molecule has 0 spiro atoms. The lowest BCUT2D eigenvalue weighted by atomic mass is 10.3. The number of amidine groups is 1. The smallest absolute Gasteiger partial charge is 0.343 e. The van der Waals surface area contributed by atoms with Gasteiger partial charge in [-0.3, -0.25) is 5.32 Å². The summed E-state index contributed by atoms with van der Waals surface area (Å²) in [6.45, 7) is 0.202. The van der Waals surface area contributed by atoms with E-state index in [-0.39, 0.29) is 12.4 Å². The van der Waals surface area contributed by atoms with Crippen LogP contribution in [0.3, 0.4) is 0 Å². The van der Waals surface area contributed by atoms with E-state index in [0.29, 0.717) is 4.86 Å². The van der Waals surface area contributed by atoms with E-state index in [1.54, 1.807) is 0 Å². The number of hydrogen-bond donors (Lipinski definition) is 3. The highest BCUT2D eigenvalue weighted by Crippen LogP contribution is 1.90. The summed E-state index contributed by atoms with van der Waals surface area (Å²) in [6.07, 6.45) is 0. The van der Waals surface area contributed by atoms with Crippen molar-refractivity contribution in [2.24, 2.45) is 10.7 Å². The van der Waals surface area contributed by atoms with Crippen LogP contribution in [-0.2, 0) is 0 Å². The lowest BCUT2D eigenvalue weighted by molar-refractivity contribution is 0.250. The van der Waals surface area contributed by atoms with Crippen LogP contribution in [0, 0.1) is 0 Å². The van der Waals surface area contributed by atoms with Gasteiger partial charge in [0.15, 0.2) is 5.84 Å². The summed E-state index contributed by atoms with van der Waals surface area (Å²) in [7, 11) is 0. The van der Waals surface area contributed by atoms with E-state index in [4.69, 9.17) is 18.0 Å². The minimum Gasteiger partial charge on any atom is -0.351 e. The van der Waals surface area contributed by atoms with E-state index in [1.807, 2.05) is 0 Å². The molecular formula is C5H6N4O2S. The SMILES string of the molecule is NC(=O)NC1=NC(=O)NCC1=S. The van der Waals surface area contributed by atoms with Gasteiger partial charge in [-0.25, -0.2) is 9.59 Å². The van der Waals surface area contributed by atoms with Crippen LogP contribution in [0.1, 0.15) is 0 Å². The second kappa shape index (κ2) is 3.26. The Bertz CT molecular complexity index is 285. The third kappa shape index (κ3) is 1.99. The van der Waals surface area contributed by atoms with Gasteiger partial charge < -0.3 is 11.1 Å². The maximum absolute atomic E-state index is 10.7. The average Bonchev–Trinajstić information content (AvgIpc) is 1.96. The number of hydrogen-bond acceptors (Lipinski definition) is 3. The largest absolute Gasteiger partial charge is 0.351 e. The van der Waals surface area contributed by atoms with Crippen LogP contribution >= 0.6 is 12.2 Å². The quantitative estimate of drug-likeness (QED) is 0.430. The number of urea groups is 2. The van der Waals surface area contributed by atoms with Crippen molar-refractivity contribution in [2.75, 3.05) is 6.54 Å². The Kier molecular flexibility index (Phi) is 2.34. The van der Waals surface area contributed by atoms with Crippen molar-refractivity contribution in [3.8, 4) is 0 Å². The Morgan fingerprint density at radius 1 is 1.75 bits per heavy atom. The van der Waals surface area contributed by atoms with Crippen LogP contribution in [0.5, 0.6) is 0 Å². The molecule has 0 saturated carbocycles. The Labute approximate surface area is 73.2 Å². The highest BCUT2D eigenvalue weighted by Gasteiger charge is 2.16. The molecule has 7 heteroatoms. The van der Waals surface area contributed by atoms with Gasteiger partial charge in [0.25, 0.3) is 0 Å². The normalized spacial score (nSPS) is 16.5. The van der Waals surface area contributed by atoms with Gasteiger partial charge in [-0.05, 0) is 0 Å². The molecule has 0 unspecified atom stereocenters. The number of nitrogens with one attached hydrogen (secondary N) is 2. The van der Waals surface area contributed by atoms with E-state index < -0.39 is 12.1 Å². The van der Waals surface area contributed by atoms with E-state index in [2.05, 4.69) is 15.6 Å². The van der Waals surface area contributed by atoms with Gasteiger partial charge in [-0.2, -0.15) is 4.99 Å². The molecule has 0 fully saturated rings.